The fraction of sp³-hybridized carbons (Fsp3) is 0.273. The number of nitrogens with zero attached hydrogens (tertiary/aromatic N) is 1. The normalized spacial score (nSPS) is 9.25. The second-order valence-electron chi connectivity index (χ2n) is 3.04. The Balaban J connectivity index is 2.26. The fourth-order valence-electron chi connectivity index (χ4n) is 1.00. The van der Waals surface area contributed by atoms with Crippen molar-refractivity contribution in [1.82, 2.24) is 5.32 Å². The summed E-state index contributed by atoms with van der Waals surface area (Å²) in [5, 5.41) is 11.4. The maximum absolute atomic E-state index is 11.1. The lowest BCUT2D eigenvalue weighted by Gasteiger charge is -2.05. The highest BCUT2D eigenvalue weighted by Gasteiger charge is 2.01. The van der Waals surface area contributed by atoms with Gasteiger partial charge in [0, 0.05) is 11.6 Å². The average Bonchev–Trinajstić information content (AvgIpc) is 2.29. The van der Waals surface area contributed by atoms with E-state index in [1.165, 1.54) is 0 Å². The third kappa shape index (κ3) is 4.67. The molecule has 1 aromatic carbocycles. The molecule has 0 heterocycles. The molecule has 16 heavy (non-hydrogen) atoms. The predicted molar refractivity (Wildman–Crippen MR) is 59.9 cm³/mol. The number of rotatable bonds is 4. The second kappa shape index (κ2) is 6.70. The molecule has 1 amide bonds. The molecule has 0 spiro atoms. The number of amides is 1. The Morgan fingerprint density at radius 3 is 2.75 bits per heavy atom. The summed E-state index contributed by atoms with van der Waals surface area (Å²) in [7, 11) is 0. The van der Waals surface area contributed by atoms with Gasteiger partial charge in [0.2, 0.25) is 0 Å². The predicted octanol–water partition coefficient (Wildman–Crippen LogP) is 2.48. The van der Waals surface area contributed by atoms with Crippen LogP contribution in [0.3, 0.4) is 0 Å². The van der Waals surface area contributed by atoms with Crippen molar-refractivity contribution in [3.8, 4) is 6.07 Å². The summed E-state index contributed by atoms with van der Waals surface area (Å²) in [5.41, 5.74) is 0.861. The smallest absolute Gasteiger partial charge is 0.407 e. The first-order valence-corrected chi connectivity index (χ1v) is 5.12. The van der Waals surface area contributed by atoms with Crippen molar-refractivity contribution in [1.29, 1.82) is 5.26 Å². The number of hydrogen-bond donors (Lipinski definition) is 1. The molecule has 0 saturated carbocycles. The zero-order valence-corrected chi connectivity index (χ0v) is 9.33. The zero-order chi connectivity index (χ0) is 11.8. The Hall–Kier alpha value is -1.73. The molecule has 4 nitrogen and oxygen atoms in total. The van der Waals surface area contributed by atoms with Gasteiger partial charge in [-0.05, 0) is 17.7 Å². The van der Waals surface area contributed by atoms with Gasteiger partial charge in [0.15, 0.2) is 0 Å². The molecular weight excluding hydrogens is 228 g/mol. The van der Waals surface area contributed by atoms with Crippen LogP contribution in [-0.4, -0.2) is 12.6 Å². The van der Waals surface area contributed by atoms with E-state index in [4.69, 9.17) is 21.6 Å². The number of hydrogen-bond acceptors (Lipinski definition) is 3. The SMILES string of the molecule is N#CCCNC(=O)OCc1ccc(Cl)cc1. The van der Waals surface area contributed by atoms with E-state index in [2.05, 4.69) is 5.32 Å². The van der Waals surface area contributed by atoms with Crippen molar-refractivity contribution in [2.75, 3.05) is 6.54 Å². The summed E-state index contributed by atoms with van der Waals surface area (Å²) in [5.74, 6) is 0. The molecule has 1 aromatic rings. The van der Waals surface area contributed by atoms with Crippen LogP contribution in [-0.2, 0) is 11.3 Å². The van der Waals surface area contributed by atoms with Gasteiger partial charge in [-0.1, -0.05) is 23.7 Å². The molecule has 0 aliphatic heterocycles. The minimum absolute atomic E-state index is 0.190. The van der Waals surface area contributed by atoms with E-state index in [1.807, 2.05) is 6.07 Å². The Morgan fingerprint density at radius 2 is 2.12 bits per heavy atom. The molecule has 0 bridgehead atoms. The van der Waals surface area contributed by atoms with Crippen molar-refractivity contribution >= 4 is 17.7 Å². The number of nitrogens with one attached hydrogen (secondary N) is 1. The number of nitriles is 1. The van der Waals surface area contributed by atoms with Crippen LogP contribution < -0.4 is 5.32 Å². The van der Waals surface area contributed by atoms with Gasteiger partial charge in [-0.2, -0.15) is 5.26 Å². The highest BCUT2D eigenvalue weighted by Crippen LogP contribution is 2.10. The number of benzene rings is 1. The van der Waals surface area contributed by atoms with E-state index in [0.29, 0.717) is 11.6 Å². The number of alkyl carbamates (subject to hydrolysis) is 1. The Kier molecular flexibility index (Phi) is 5.17. The van der Waals surface area contributed by atoms with Crippen molar-refractivity contribution < 1.29 is 9.53 Å². The molecule has 5 heteroatoms. The topological polar surface area (TPSA) is 62.1 Å². The van der Waals surface area contributed by atoms with Crippen molar-refractivity contribution in [2.45, 2.75) is 13.0 Å². The molecule has 1 N–H and O–H groups in total. The standard InChI is InChI=1S/C11H11ClN2O2/c12-10-4-2-9(3-5-10)8-16-11(15)14-7-1-6-13/h2-5H,1,7-8H2,(H,14,15). The molecule has 0 aliphatic rings. The maximum atomic E-state index is 11.1. The van der Waals surface area contributed by atoms with E-state index in [9.17, 15) is 4.79 Å². The van der Waals surface area contributed by atoms with Gasteiger partial charge in [-0.3, -0.25) is 0 Å². The van der Waals surface area contributed by atoms with Gasteiger partial charge in [0.1, 0.15) is 6.61 Å². The summed E-state index contributed by atoms with van der Waals surface area (Å²) in [6, 6.07) is 8.94. The van der Waals surface area contributed by atoms with Gasteiger partial charge in [0.25, 0.3) is 0 Å². The third-order valence-corrected chi connectivity index (χ3v) is 2.04. The highest BCUT2D eigenvalue weighted by molar-refractivity contribution is 6.30. The summed E-state index contributed by atoms with van der Waals surface area (Å²) >= 11 is 5.71. The summed E-state index contributed by atoms with van der Waals surface area (Å²) < 4.78 is 4.91. The number of ether oxygens (including phenoxy) is 1. The summed E-state index contributed by atoms with van der Waals surface area (Å²) in [6.45, 7) is 0.492. The van der Waals surface area contributed by atoms with Crippen molar-refractivity contribution in [2.24, 2.45) is 0 Å². The summed E-state index contributed by atoms with van der Waals surface area (Å²) in [6.07, 6.45) is -0.249. The molecule has 0 unspecified atom stereocenters. The van der Waals surface area contributed by atoms with E-state index in [0.717, 1.165) is 5.56 Å². The van der Waals surface area contributed by atoms with Crippen LogP contribution in [0.4, 0.5) is 4.79 Å². The molecular formula is C11H11ClN2O2. The first kappa shape index (κ1) is 12.3. The van der Waals surface area contributed by atoms with Gasteiger partial charge in [-0.25, -0.2) is 4.79 Å². The molecule has 0 aromatic heterocycles. The molecule has 0 aliphatic carbocycles. The molecule has 0 radical (unpaired) electrons. The molecule has 0 fully saturated rings. The van der Waals surface area contributed by atoms with E-state index in [-0.39, 0.29) is 13.0 Å². The lowest BCUT2D eigenvalue weighted by atomic mass is 10.2. The Bertz CT molecular complexity index is 384. The molecule has 1 rings (SSSR count). The average molecular weight is 239 g/mol. The van der Waals surface area contributed by atoms with E-state index in [1.54, 1.807) is 24.3 Å². The lowest BCUT2D eigenvalue weighted by Crippen LogP contribution is -2.24. The van der Waals surface area contributed by atoms with Crippen LogP contribution in [0.1, 0.15) is 12.0 Å². The number of carbonyl (C=O) groups excluding carboxylic acids is 1. The minimum Gasteiger partial charge on any atom is -0.445 e. The number of halogens is 1. The lowest BCUT2D eigenvalue weighted by molar-refractivity contribution is 0.140. The monoisotopic (exact) mass is 238 g/mol. The molecule has 0 saturated heterocycles. The Labute approximate surface area is 98.8 Å². The summed E-state index contributed by atoms with van der Waals surface area (Å²) in [4.78, 5) is 11.1. The van der Waals surface area contributed by atoms with Crippen LogP contribution in [0.25, 0.3) is 0 Å². The second-order valence-corrected chi connectivity index (χ2v) is 3.47. The van der Waals surface area contributed by atoms with E-state index >= 15 is 0 Å². The molecule has 84 valence electrons. The minimum atomic E-state index is -0.523. The van der Waals surface area contributed by atoms with Crippen LogP contribution in [0.15, 0.2) is 24.3 Å². The van der Waals surface area contributed by atoms with Crippen molar-refractivity contribution in [3.63, 3.8) is 0 Å². The van der Waals surface area contributed by atoms with Crippen LogP contribution in [0.2, 0.25) is 5.02 Å². The number of carbonyl (C=O) groups is 1. The van der Waals surface area contributed by atoms with Gasteiger partial charge < -0.3 is 10.1 Å². The van der Waals surface area contributed by atoms with E-state index < -0.39 is 6.09 Å². The van der Waals surface area contributed by atoms with Crippen LogP contribution in [0.5, 0.6) is 0 Å². The van der Waals surface area contributed by atoms with Gasteiger partial charge in [-0.15, -0.1) is 0 Å². The quantitative estimate of drug-likeness (QED) is 0.820. The largest absolute Gasteiger partial charge is 0.445 e. The van der Waals surface area contributed by atoms with Gasteiger partial charge in [0.05, 0.1) is 12.5 Å². The van der Waals surface area contributed by atoms with Crippen molar-refractivity contribution in [3.05, 3.63) is 34.9 Å². The third-order valence-electron chi connectivity index (χ3n) is 1.79. The fourth-order valence-corrected chi connectivity index (χ4v) is 1.13. The zero-order valence-electron chi connectivity index (χ0n) is 8.57. The first-order valence-electron chi connectivity index (χ1n) is 4.74. The first-order chi connectivity index (χ1) is 7.72. The Morgan fingerprint density at radius 1 is 1.44 bits per heavy atom. The van der Waals surface area contributed by atoms with Crippen LogP contribution in [0, 0.1) is 11.3 Å². The van der Waals surface area contributed by atoms with Crippen LogP contribution >= 0.6 is 11.6 Å². The van der Waals surface area contributed by atoms with Gasteiger partial charge >= 0.3 is 6.09 Å². The molecule has 0 atom stereocenters. The highest BCUT2D eigenvalue weighted by atomic mass is 35.5. The maximum Gasteiger partial charge on any atom is 0.407 e.